The molecule has 0 spiro atoms. The van der Waals surface area contributed by atoms with Crippen LogP contribution in [-0.2, 0) is 13.5 Å². The molecule has 0 amide bonds. The molecule has 0 saturated heterocycles. The van der Waals surface area contributed by atoms with Gasteiger partial charge in [-0.2, -0.15) is 0 Å². The van der Waals surface area contributed by atoms with Crippen molar-refractivity contribution >= 4 is 33.3 Å². The van der Waals surface area contributed by atoms with Crippen molar-refractivity contribution in [3.63, 3.8) is 0 Å². The maximum atomic E-state index is 10.6. The first kappa shape index (κ1) is 18.3. The van der Waals surface area contributed by atoms with Gasteiger partial charge in [0, 0.05) is 36.8 Å². The largest absolute Gasteiger partial charge is 0.510 e. The molecule has 0 aliphatic carbocycles. The highest BCUT2D eigenvalue weighted by atomic mass is 16.5. The number of rotatable bonds is 5. The number of H-pyrrole nitrogens is 1. The number of nitrogens with zero attached hydrogens (tertiary/aromatic N) is 3. The van der Waals surface area contributed by atoms with Crippen molar-refractivity contribution in [1.29, 1.82) is 5.41 Å². The summed E-state index contributed by atoms with van der Waals surface area (Å²) in [4.78, 5) is 9.67. The van der Waals surface area contributed by atoms with Crippen LogP contribution in [0.4, 0.5) is 0 Å². The molecule has 0 saturated carbocycles. The standard InChI is InChI=1S/C23H23N5O2/c1-27-12-14(16-5-3-4-6-19(16)27)9-10-28-13-20(29)21(22(28)24)23-25-17-8-7-15(30-2)11-18(17)26-23/h3-8,11-12,24,29H,9-10,13H2,1-2H3,(H,25,26). The summed E-state index contributed by atoms with van der Waals surface area (Å²) in [5.74, 6) is 1.70. The van der Waals surface area contributed by atoms with E-state index in [1.54, 1.807) is 7.11 Å². The van der Waals surface area contributed by atoms with Crippen molar-refractivity contribution in [2.24, 2.45) is 7.05 Å². The third-order valence-electron chi connectivity index (χ3n) is 5.74. The van der Waals surface area contributed by atoms with Crippen LogP contribution in [0.15, 0.2) is 54.4 Å². The van der Waals surface area contributed by atoms with Crippen molar-refractivity contribution in [1.82, 2.24) is 19.4 Å². The molecule has 5 rings (SSSR count). The summed E-state index contributed by atoms with van der Waals surface area (Å²) in [5.41, 5.74) is 4.48. The Balaban J connectivity index is 1.37. The Morgan fingerprint density at radius 2 is 2.07 bits per heavy atom. The molecule has 152 valence electrons. The normalized spacial score (nSPS) is 14.5. The first-order chi connectivity index (χ1) is 14.5. The fourth-order valence-corrected chi connectivity index (χ4v) is 4.19. The van der Waals surface area contributed by atoms with Gasteiger partial charge in [-0.1, -0.05) is 18.2 Å². The average molecular weight is 401 g/mol. The molecule has 3 heterocycles. The van der Waals surface area contributed by atoms with Gasteiger partial charge in [0.2, 0.25) is 0 Å². The Hall–Kier alpha value is -3.74. The van der Waals surface area contributed by atoms with Gasteiger partial charge in [-0.15, -0.1) is 0 Å². The molecule has 7 nitrogen and oxygen atoms in total. The number of fused-ring (bicyclic) bond motifs is 2. The lowest BCUT2D eigenvalue weighted by Gasteiger charge is -2.18. The van der Waals surface area contributed by atoms with Crippen LogP contribution in [0.25, 0.3) is 27.5 Å². The summed E-state index contributed by atoms with van der Waals surface area (Å²) in [6.45, 7) is 0.966. The molecule has 2 aromatic heterocycles. The highest BCUT2D eigenvalue weighted by molar-refractivity contribution is 6.23. The van der Waals surface area contributed by atoms with Gasteiger partial charge in [0.25, 0.3) is 0 Å². The molecule has 0 atom stereocenters. The lowest BCUT2D eigenvalue weighted by molar-refractivity contribution is 0.351. The average Bonchev–Trinajstić information content (AvgIpc) is 3.39. The van der Waals surface area contributed by atoms with E-state index >= 15 is 0 Å². The Kier molecular flexibility index (Phi) is 4.24. The number of aliphatic hydroxyl groups excluding tert-OH is 1. The van der Waals surface area contributed by atoms with Crippen LogP contribution in [-0.4, -0.2) is 50.6 Å². The third-order valence-corrected chi connectivity index (χ3v) is 5.74. The number of amidine groups is 1. The van der Waals surface area contributed by atoms with Crippen LogP contribution in [0.5, 0.6) is 5.75 Å². The Bertz CT molecular complexity index is 1310. The van der Waals surface area contributed by atoms with Gasteiger partial charge in [0.1, 0.15) is 23.2 Å². The van der Waals surface area contributed by atoms with Gasteiger partial charge in [0.05, 0.1) is 30.3 Å². The first-order valence-electron chi connectivity index (χ1n) is 9.88. The van der Waals surface area contributed by atoms with E-state index in [4.69, 9.17) is 10.1 Å². The van der Waals surface area contributed by atoms with Crippen LogP contribution in [0, 0.1) is 5.41 Å². The molecule has 0 unspecified atom stereocenters. The molecule has 0 fully saturated rings. The third kappa shape index (κ3) is 2.90. The first-order valence-corrected chi connectivity index (χ1v) is 9.88. The summed E-state index contributed by atoms with van der Waals surface area (Å²) < 4.78 is 7.39. The molecule has 3 N–H and O–H groups in total. The van der Waals surface area contributed by atoms with E-state index < -0.39 is 0 Å². The molecule has 30 heavy (non-hydrogen) atoms. The molecule has 2 aromatic carbocycles. The van der Waals surface area contributed by atoms with Crippen molar-refractivity contribution in [2.75, 3.05) is 20.2 Å². The van der Waals surface area contributed by atoms with E-state index in [0.29, 0.717) is 30.3 Å². The summed E-state index contributed by atoms with van der Waals surface area (Å²) in [5, 5.41) is 20.5. The zero-order valence-electron chi connectivity index (χ0n) is 16.9. The van der Waals surface area contributed by atoms with Gasteiger partial charge in [0.15, 0.2) is 0 Å². The fraction of sp³-hybridized carbons (Fsp3) is 0.217. The number of hydrogen-bond acceptors (Lipinski definition) is 4. The minimum absolute atomic E-state index is 0.170. The molecule has 1 aliphatic heterocycles. The van der Waals surface area contributed by atoms with Crippen molar-refractivity contribution < 1.29 is 9.84 Å². The van der Waals surface area contributed by atoms with E-state index in [-0.39, 0.29) is 5.76 Å². The number of benzene rings is 2. The highest BCUT2D eigenvalue weighted by Gasteiger charge is 2.30. The van der Waals surface area contributed by atoms with Crippen molar-refractivity contribution in [2.45, 2.75) is 6.42 Å². The van der Waals surface area contributed by atoms with Crippen LogP contribution in [0.3, 0.4) is 0 Å². The molecule has 0 bridgehead atoms. The summed E-state index contributed by atoms with van der Waals surface area (Å²) >= 11 is 0. The van der Waals surface area contributed by atoms with Gasteiger partial charge < -0.3 is 24.3 Å². The Labute approximate surface area is 173 Å². The maximum absolute atomic E-state index is 10.6. The molecular formula is C23H23N5O2. The molecular weight excluding hydrogens is 378 g/mol. The van der Waals surface area contributed by atoms with Crippen molar-refractivity contribution in [3.05, 3.63) is 65.8 Å². The van der Waals surface area contributed by atoms with Crippen LogP contribution in [0.1, 0.15) is 11.4 Å². The van der Waals surface area contributed by atoms with Crippen LogP contribution >= 0.6 is 0 Å². The second kappa shape index (κ2) is 6.95. The monoisotopic (exact) mass is 401 g/mol. The highest BCUT2D eigenvalue weighted by Crippen LogP contribution is 2.29. The summed E-state index contributed by atoms with van der Waals surface area (Å²) in [6, 6.07) is 13.9. The van der Waals surface area contributed by atoms with Gasteiger partial charge in [-0.25, -0.2) is 4.98 Å². The minimum Gasteiger partial charge on any atom is -0.510 e. The second-order valence-corrected chi connectivity index (χ2v) is 7.59. The topological polar surface area (TPSA) is 90.2 Å². The van der Waals surface area contributed by atoms with Crippen molar-refractivity contribution in [3.8, 4) is 5.75 Å². The SMILES string of the molecule is COc1ccc2nc(C3=C(O)CN(CCc4cn(C)c5ccccc45)C3=N)[nH]c2c1. The number of aromatic amines is 1. The molecule has 1 aliphatic rings. The Morgan fingerprint density at radius 1 is 1.23 bits per heavy atom. The summed E-state index contributed by atoms with van der Waals surface area (Å²) in [7, 11) is 3.67. The van der Waals surface area contributed by atoms with E-state index in [1.807, 2.05) is 42.3 Å². The molecule has 7 heteroatoms. The van der Waals surface area contributed by atoms with E-state index in [0.717, 1.165) is 23.2 Å². The van der Waals surface area contributed by atoms with Gasteiger partial charge in [-0.3, -0.25) is 5.41 Å². The minimum atomic E-state index is 0.170. The van der Waals surface area contributed by atoms with Crippen LogP contribution < -0.4 is 4.74 Å². The number of aryl methyl sites for hydroxylation is 1. The number of hydrogen-bond donors (Lipinski definition) is 3. The number of para-hydroxylation sites is 1. The van der Waals surface area contributed by atoms with Gasteiger partial charge >= 0.3 is 0 Å². The summed E-state index contributed by atoms with van der Waals surface area (Å²) in [6.07, 6.45) is 2.94. The lowest BCUT2D eigenvalue weighted by Crippen LogP contribution is -2.29. The van der Waals surface area contributed by atoms with E-state index in [1.165, 1.54) is 16.5 Å². The predicted molar refractivity (Wildman–Crippen MR) is 118 cm³/mol. The number of aliphatic hydroxyl groups is 1. The number of methoxy groups -OCH3 is 1. The number of imidazole rings is 1. The maximum Gasteiger partial charge on any atom is 0.145 e. The fourth-order valence-electron chi connectivity index (χ4n) is 4.19. The zero-order valence-corrected chi connectivity index (χ0v) is 16.9. The molecule has 4 aromatic rings. The number of aromatic nitrogens is 3. The van der Waals surface area contributed by atoms with E-state index in [2.05, 4.69) is 32.9 Å². The number of nitrogens with one attached hydrogen (secondary N) is 2. The van der Waals surface area contributed by atoms with E-state index in [9.17, 15) is 5.11 Å². The predicted octanol–water partition coefficient (Wildman–Crippen LogP) is 3.87. The molecule has 0 radical (unpaired) electrons. The lowest BCUT2D eigenvalue weighted by atomic mass is 10.1. The van der Waals surface area contributed by atoms with Gasteiger partial charge in [-0.05, 0) is 30.2 Å². The number of ether oxygens (including phenoxy) is 1. The Morgan fingerprint density at radius 3 is 2.90 bits per heavy atom. The van der Waals surface area contributed by atoms with Crippen LogP contribution in [0.2, 0.25) is 0 Å². The quantitative estimate of drug-likeness (QED) is 0.474. The second-order valence-electron chi connectivity index (χ2n) is 7.59. The smallest absolute Gasteiger partial charge is 0.145 e. The zero-order chi connectivity index (χ0) is 20.8.